The Hall–Kier alpha value is -3.93. The number of hydrogen-bond acceptors (Lipinski definition) is 9. The number of sulfone groups is 1. The van der Waals surface area contributed by atoms with Crippen molar-refractivity contribution in [2.75, 3.05) is 31.4 Å². The molecule has 4 aromatic rings. The van der Waals surface area contributed by atoms with Crippen LogP contribution in [-0.2, 0) is 31.5 Å². The molecule has 43 heavy (non-hydrogen) atoms. The van der Waals surface area contributed by atoms with Crippen molar-refractivity contribution in [2.24, 2.45) is 0 Å². The lowest BCUT2D eigenvalue weighted by Crippen LogP contribution is -2.45. The second-order valence-electron chi connectivity index (χ2n) is 11.5. The first kappa shape index (κ1) is 29.2. The lowest BCUT2D eigenvalue weighted by Gasteiger charge is -2.36. The van der Waals surface area contributed by atoms with Crippen molar-refractivity contribution in [3.63, 3.8) is 0 Å². The molecular weight excluding hydrogens is 566 g/mol. The van der Waals surface area contributed by atoms with E-state index in [0.29, 0.717) is 11.3 Å². The number of rotatable bonds is 8. The topological polar surface area (TPSA) is 124 Å². The van der Waals surface area contributed by atoms with Crippen LogP contribution in [0.1, 0.15) is 48.3 Å². The van der Waals surface area contributed by atoms with E-state index in [1.807, 2.05) is 36.4 Å². The maximum Gasteiger partial charge on any atom is 0.251 e. The van der Waals surface area contributed by atoms with E-state index in [-0.39, 0.29) is 29.2 Å². The van der Waals surface area contributed by atoms with Crippen molar-refractivity contribution in [1.82, 2.24) is 20.3 Å². The van der Waals surface area contributed by atoms with Gasteiger partial charge in [0.1, 0.15) is 5.82 Å². The molecule has 2 aliphatic rings. The molecule has 1 aliphatic carbocycles. The zero-order chi connectivity index (χ0) is 30.4. The summed E-state index contributed by atoms with van der Waals surface area (Å²) in [6.07, 6.45) is 4.63. The summed E-state index contributed by atoms with van der Waals surface area (Å²) in [7, 11) is -1.99. The maximum atomic E-state index is 13.0. The third-order valence-electron chi connectivity index (χ3n) is 8.03. The Kier molecular flexibility index (Phi) is 7.66. The van der Waals surface area contributed by atoms with Gasteiger partial charge in [0.2, 0.25) is 0 Å². The summed E-state index contributed by atoms with van der Waals surface area (Å²) in [5.41, 5.74) is 3.13. The van der Waals surface area contributed by atoms with Crippen LogP contribution in [0.25, 0.3) is 22.3 Å². The largest absolute Gasteiger partial charge is 0.373 e. The second kappa shape index (κ2) is 11.3. The van der Waals surface area contributed by atoms with Gasteiger partial charge in [-0.15, -0.1) is 0 Å². The number of carbonyl (C=O) groups excluding carboxylic acids is 1. The number of carbonyl (C=O) groups is 1. The van der Waals surface area contributed by atoms with Crippen LogP contribution in [0.2, 0.25) is 0 Å². The maximum absolute atomic E-state index is 13.0. The van der Waals surface area contributed by atoms with Gasteiger partial charge in [-0.05, 0) is 69.2 Å². The number of amides is 1. The highest BCUT2D eigenvalue weighted by molar-refractivity contribution is 7.90. The third-order valence-corrected chi connectivity index (χ3v) is 9.17. The van der Waals surface area contributed by atoms with Crippen molar-refractivity contribution < 1.29 is 22.7 Å². The van der Waals surface area contributed by atoms with E-state index in [2.05, 4.69) is 29.0 Å². The van der Waals surface area contributed by atoms with Gasteiger partial charge in [0.05, 0.1) is 51.8 Å². The standard InChI is InChI=1S/C32H35N5O5S/c1-20-18-37(19-21(2)42-20)30-7-5-6-26(36-30)27-11-9-23-16-33-24(15-28(23)35-27)17-34-31(38)22-8-10-25(32(41-3)12-13-32)29(14-22)43(4,39)40/h5-11,14-16,20-21H,12-13,17-19H2,1-4H3,(H,34,38)/t20-,21+. The molecule has 1 aromatic carbocycles. The normalized spacial score (nSPS) is 19.8. The quantitative estimate of drug-likeness (QED) is 0.315. The van der Waals surface area contributed by atoms with E-state index in [4.69, 9.17) is 19.4 Å². The number of methoxy groups -OCH3 is 1. The molecule has 0 bridgehead atoms. The first-order valence-corrected chi connectivity index (χ1v) is 16.3. The van der Waals surface area contributed by atoms with E-state index < -0.39 is 21.3 Å². The predicted octanol–water partition coefficient (Wildman–Crippen LogP) is 4.27. The number of fused-ring (bicyclic) bond motifs is 1. The van der Waals surface area contributed by atoms with Crippen LogP contribution >= 0.6 is 0 Å². The molecule has 4 heterocycles. The molecule has 11 heteroatoms. The highest BCUT2D eigenvalue weighted by atomic mass is 32.2. The zero-order valence-electron chi connectivity index (χ0n) is 24.7. The second-order valence-corrected chi connectivity index (χ2v) is 13.5. The smallest absolute Gasteiger partial charge is 0.251 e. The molecule has 1 saturated heterocycles. The van der Waals surface area contributed by atoms with Crippen LogP contribution < -0.4 is 10.2 Å². The van der Waals surface area contributed by atoms with E-state index in [1.165, 1.54) is 6.07 Å². The first-order valence-electron chi connectivity index (χ1n) is 14.4. The Morgan fingerprint density at radius 2 is 1.79 bits per heavy atom. The van der Waals surface area contributed by atoms with Gasteiger partial charge in [0.25, 0.3) is 5.91 Å². The van der Waals surface area contributed by atoms with Crippen molar-refractivity contribution in [2.45, 2.75) is 55.9 Å². The lowest BCUT2D eigenvalue weighted by atomic mass is 10.0. The highest BCUT2D eigenvalue weighted by Gasteiger charge is 2.47. The van der Waals surface area contributed by atoms with E-state index in [0.717, 1.165) is 60.3 Å². The SMILES string of the molecule is COC1(c2ccc(C(=O)NCc3cc4nc(-c5cccc(N6C[C@@H](C)O[C@@H](C)C6)n5)ccc4cn3)cc2S(C)(=O)=O)CC1. The van der Waals surface area contributed by atoms with E-state index in [1.54, 1.807) is 25.4 Å². The number of nitrogens with one attached hydrogen (secondary N) is 1. The molecule has 6 rings (SSSR count). The van der Waals surface area contributed by atoms with Crippen molar-refractivity contribution in [1.29, 1.82) is 0 Å². The monoisotopic (exact) mass is 601 g/mol. The van der Waals surface area contributed by atoms with Crippen LogP contribution in [0, 0.1) is 0 Å². The van der Waals surface area contributed by atoms with Crippen LogP contribution in [0.3, 0.4) is 0 Å². The minimum Gasteiger partial charge on any atom is -0.373 e. The molecule has 0 radical (unpaired) electrons. The number of morpholine rings is 1. The zero-order valence-corrected chi connectivity index (χ0v) is 25.5. The minimum atomic E-state index is -3.57. The Morgan fingerprint density at radius 3 is 2.49 bits per heavy atom. The van der Waals surface area contributed by atoms with Gasteiger partial charge in [-0.2, -0.15) is 0 Å². The Morgan fingerprint density at radius 1 is 1.05 bits per heavy atom. The summed E-state index contributed by atoms with van der Waals surface area (Å²) in [6.45, 7) is 5.85. The summed E-state index contributed by atoms with van der Waals surface area (Å²) < 4.78 is 36.6. The molecule has 0 spiro atoms. The number of pyridine rings is 3. The van der Waals surface area contributed by atoms with Crippen molar-refractivity contribution in [3.8, 4) is 11.4 Å². The summed E-state index contributed by atoms with van der Waals surface area (Å²) in [5.74, 6) is 0.496. The van der Waals surface area contributed by atoms with Crippen LogP contribution in [-0.4, -0.2) is 67.9 Å². The van der Waals surface area contributed by atoms with Gasteiger partial charge in [-0.3, -0.25) is 9.78 Å². The molecule has 1 amide bonds. The van der Waals surface area contributed by atoms with E-state index >= 15 is 0 Å². The number of ether oxygens (including phenoxy) is 2. The number of anilines is 1. The number of benzene rings is 1. The fourth-order valence-electron chi connectivity index (χ4n) is 5.72. The van der Waals surface area contributed by atoms with Gasteiger partial charge < -0.3 is 19.7 Å². The summed E-state index contributed by atoms with van der Waals surface area (Å²) in [4.78, 5) is 29.6. The fraction of sp³-hybridized carbons (Fsp3) is 0.375. The molecule has 1 aliphatic heterocycles. The van der Waals surface area contributed by atoms with Crippen LogP contribution in [0.15, 0.2) is 65.7 Å². The summed E-state index contributed by atoms with van der Waals surface area (Å²) >= 11 is 0. The predicted molar refractivity (Wildman–Crippen MR) is 164 cm³/mol. The fourth-order valence-corrected chi connectivity index (χ4v) is 6.72. The first-order chi connectivity index (χ1) is 20.5. The Balaban J connectivity index is 1.20. The molecular formula is C32H35N5O5S. The molecule has 0 unspecified atom stereocenters. The molecule has 1 N–H and O–H groups in total. The highest BCUT2D eigenvalue weighted by Crippen LogP contribution is 2.50. The molecule has 10 nitrogen and oxygen atoms in total. The summed E-state index contributed by atoms with van der Waals surface area (Å²) in [6, 6.07) is 16.4. The third kappa shape index (κ3) is 6.11. The molecule has 224 valence electrons. The number of aromatic nitrogens is 3. The minimum absolute atomic E-state index is 0.121. The Bertz CT molecular complexity index is 1800. The average molecular weight is 602 g/mol. The van der Waals surface area contributed by atoms with Gasteiger partial charge in [0.15, 0.2) is 9.84 Å². The molecule has 2 fully saturated rings. The average Bonchev–Trinajstić information content (AvgIpc) is 3.80. The van der Waals surface area contributed by atoms with E-state index in [9.17, 15) is 13.2 Å². The molecule has 2 atom stereocenters. The van der Waals surface area contributed by atoms with Crippen LogP contribution in [0.4, 0.5) is 5.82 Å². The van der Waals surface area contributed by atoms with Gasteiger partial charge in [0, 0.05) is 49.2 Å². The Labute approximate surface area is 251 Å². The van der Waals surface area contributed by atoms with Gasteiger partial charge >= 0.3 is 0 Å². The number of nitrogens with zero attached hydrogens (tertiary/aromatic N) is 4. The summed E-state index contributed by atoms with van der Waals surface area (Å²) in [5, 5.41) is 3.73. The molecule has 1 saturated carbocycles. The van der Waals surface area contributed by atoms with Gasteiger partial charge in [-0.25, -0.2) is 18.4 Å². The molecule has 3 aromatic heterocycles. The van der Waals surface area contributed by atoms with Gasteiger partial charge in [-0.1, -0.05) is 12.1 Å². The van der Waals surface area contributed by atoms with Crippen LogP contribution in [0.5, 0.6) is 0 Å². The van der Waals surface area contributed by atoms with Crippen molar-refractivity contribution >= 4 is 32.5 Å². The van der Waals surface area contributed by atoms with Crippen molar-refractivity contribution in [3.05, 3.63) is 77.6 Å². The lowest BCUT2D eigenvalue weighted by molar-refractivity contribution is -0.00545. The number of hydrogen-bond donors (Lipinski definition) is 1.